The third-order valence-corrected chi connectivity index (χ3v) is 6.60. The van der Waals surface area contributed by atoms with Crippen molar-refractivity contribution in [1.82, 2.24) is 15.3 Å². The number of piperidine rings is 1. The van der Waals surface area contributed by atoms with Crippen LogP contribution in [-0.4, -0.2) is 46.1 Å². The van der Waals surface area contributed by atoms with Crippen molar-refractivity contribution in [2.24, 2.45) is 5.92 Å². The molecule has 2 heterocycles. The largest absolute Gasteiger partial charge is 0.481 e. The summed E-state index contributed by atoms with van der Waals surface area (Å²) >= 11 is 0. The van der Waals surface area contributed by atoms with Crippen LogP contribution in [-0.2, 0) is 17.8 Å². The fraction of sp³-hybridized carbons (Fsp3) is 0.357. The summed E-state index contributed by atoms with van der Waals surface area (Å²) in [5.74, 6) is -1.44. The molecule has 1 amide bonds. The van der Waals surface area contributed by atoms with Gasteiger partial charge < -0.3 is 25.0 Å². The number of nitrogens with one attached hydrogen (secondary N) is 2. The molecule has 2 aromatic carbocycles. The summed E-state index contributed by atoms with van der Waals surface area (Å²) in [4.78, 5) is 47.2. The Morgan fingerprint density at radius 2 is 1.76 bits per heavy atom. The summed E-state index contributed by atoms with van der Waals surface area (Å²) in [6.45, 7) is 3.51. The zero-order valence-electron chi connectivity index (χ0n) is 20.9. The minimum Gasteiger partial charge on any atom is -0.481 e. The molecule has 1 aliphatic rings. The van der Waals surface area contributed by atoms with Gasteiger partial charge in [-0.2, -0.15) is 0 Å². The van der Waals surface area contributed by atoms with Crippen LogP contribution in [0.2, 0.25) is 0 Å². The number of anilines is 1. The Hall–Kier alpha value is -4.14. The molecule has 0 aliphatic carbocycles. The Bertz CT molecular complexity index is 1250. The van der Waals surface area contributed by atoms with Crippen LogP contribution in [0.25, 0.3) is 0 Å². The lowest BCUT2D eigenvalue weighted by Gasteiger charge is -2.33. The van der Waals surface area contributed by atoms with Gasteiger partial charge in [-0.15, -0.1) is 0 Å². The number of para-hydroxylation sites is 1. The molecule has 0 radical (unpaired) electrons. The molecule has 3 aromatic rings. The normalized spacial score (nSPS) is 14.7. The molecule has 3 N–H and O–H groups in total. The first-order valence-corrected chi connectivity index (χ1v) is 12.6. The van der Waals surface area contributed by atoms with Gasteiger partial charge in [0.2, 0.25) is 5.75 Å². The fourth-order valence-corrected chi connectivity index (χ4v) is 4.50. The number of amides is 1. The monoisotopic (exact) mass is 504 g/mol. The number of H-pyrrole nitrogens is 1. The first kappa shape index (κ1) is 25.9. The van der Waals surface area contributed by atoms with E-state index in [4.69, 9.17) is 4.74 Å². The molecule has 194 valence electrons. The number of carboxylic acid groups (broad SMARTS) is 1. The number of aromatic amines is 1. The smallest absolute Gasteiger partial charge is 0.326 e. The average molecular weight is 505 g/mol. The number of rotatable bonds is 10. The summed E-state index contributed by atoms with van der Waals surface area (Å²) in [5.41, 5.74) is 1.25. The van der Waals surface area contributed by atoms with Gasteiger partial charge in [0.1, 0.15) is 18.5 Å². The summed E-state index contributed by atoms with van der Waals surface area (Å²) in [6.07, 6.45) is 2.54. The zero-order valence-corrected chi connectivity index (χ0v) is 20.9. The van der Waals surface area contributed by atoms with E-state index in [1.807, 2.05) is 48.5 Å². The molecule has 1 aliphatic heterocycles. The molecule has 9 nitrogen and oxygen atoms in total. The number of carboxylic acids is 1. The number of benzene rings is 2. The van der Waals surface area contributed by atoms with Crippen LogP contribution in [0.1, 0.15) is 48.1 Å². The van der Waals surface area contributed by atoms with Gasteiger partial charge in [-0.3, -0.25) is 9.59 Å². The minimum absolute atomic E-state index is 0.0688. The summed E-state index contributed by atoms with van der Waals surface area (Å²) in [7, 11) is 0. The van der Waals surface area contributed by atoms with Crippen molar-refractivity contribution in [3.63, 3.8) is 0 Å². The standard InChI is InChI=1S/C28H32N4O5/c1-2-22(28(35)36)29-26(33)24-25(37-18-20-9-5-3-6-10-20)27(34)31-23(30-24)17-19-13-15-32(16-14-19)21-11-7-4-8-12-21/h3-12,19,22H,2,13-18H2,1H3,(H,29,33)(H,35,36)(H,30,31,34). The van der Waals surface area contributed by atoms with Crippen molar-refractivity contribution in [1.29, 1.82) is 0 Å². The van der Waals surface area contributed by atoms with E-state index in [0.29, 0.717) is 12.2 Å². The lowest BCUT2D eigenvalue weighted by molar-refractivity contribution is -0.139. The number of carbonyl (C=O) groups excluding carboxylic acids is 1. The van der Waals surface area contributed by atoms with Crippen LogP contribution in [0, 0.1) is 5.92 Å². The predicted octanol–water partition coefficient (Wildman–Crippen LogP) is 3.40. The van der Waals surface area contributed by atoms with Gasteiger partial charge >= 0.3 is 5.97 Å². The highest BCUT2D eigenvalue weighted by molar-refractivity contribution is 5.97. The topological polar surface area (TPSA) is 125 Å². The molecule has 1 unspecified atom stereocenters. The van der Waals surface area contributed by atoms with Crippen LogP contribution in [0.4, 0.5) is 5.69 Å². The highest BCUT2D eigenvalue weighted by Crippen LogP contribution is 2.25. The second-order valence-corrected chi connectivity index (χ2v) is 9.21. The van der Waals surface area contributed by atoms with Gasteiger partial charge in [-0.25, -0.2) is 9.78 Å². The number of aromatic nitrogens is 2. The highest BCUT2D eigenvalue weighted by atomic mass is 16.5. The Morgan fingerprint density at radius 3 is 2.38 bits per heavy atom. The molecule has 37 heavy (non-hydrogen) atoms. The second kappa shape index (κ2) is 12.2. The van der Waals surface area contributed by atoms with Crippen LogP contribution in [0.15, 0.2) is 65.5 Å². The van der Waals surface area contributed by atoms with Crippen molar-refractivity contribution in [3.8, 4) is 5.75 Å². The average Bonchev–Trinajstić information content (AvgIpc) is 2.92. The summed E-state index contributed by atoms with van der Waals surface area (Å²) in [5, 5.41) is 11.8. The maximum atomic E-state index is 13.1. The Labute approximate surface area is 215 Å². The first-order valence-electron chi connectivity index (χ1n) is 12.6. The fourth-order valence-electron chi connectivity index (χ4n) is 4.50. The van der Waals surface area contributed by atoms with Gasteiger partial charge in [-0.1, -0.05) is 55.5 Å². The summed E-state index contributed by atoms with van der Waals surface area (Å²) in [6, 6.07) is 18.4. The van der Waals surface area contributed by atoms with E-state index in [2.05, 4.69) is 32.3 Å². The maximum Gasteiger partial charge on any atom is 0.326 e. The molecule has 1 saturated heterocycles. The molecule has 0 saturated carbocycles. The SMILES string of the molecule is CCC(NC(=O)c1nc(CC2CCN(c3ccccc3)CC2)[nH]c(=O)c1OCc1ccccc1)C(=O)O. The van der Waals surface area contributed by atoms with Gasteiger partial charge in [-0.05, 0) is 42.9 Å². The number of nitrogens with zero attached hydrogens (tertiary/aromatic N) is 2. The number of ether oxygens (including phenoxy) is 1. The molecule has 1 fully saturated rings. The number of hydrogen-bond acceptors (Lipinski definition) is 6. The number of aliphatic carboxylic acids is 1. The molecular weight excluding hydrogens is 472 g/mol. The van der Waals surface area contributed by atoms with Crippen LogP contribution in [0.5, 0.6) is 5.75 Å². The van der Waals surface area contributed by atoms with Crippen LogP contribution in [0.3, 0.4) is 0 Å². The lowest BCUT2D eigenvalue weighted by Crippen LogP contribution is -2.41. The van der Waals surface area contributed by atoms with E-state index in [1.165, 1.54) is 5.69 Å². The van der Waals surface area contributed by atoms with Crippen molar-refractivity contribution in [2.45, 2.75) is 45.3 Å². The van der Waals surface area contributed by atoms with Crippen molar-refractivity contribution >= 4 is 17.6 Å². The zero-order chi connectivity index (χ0) is 26.2. The maximum absolute atomic E-state index is 13.1. The van der Waals surface area contributed by atoms with Crippen molar-refractivity contribution < 1.29 is 19.4 Å². The highest BCUT2D eigenvalue weighted by Gasteiger charge is 2.26. The molecular formula is C28H32N4O5. The number of hydrogen-bond donors (Lipinski definition) is 3. The van der Waals surface area contributed by atoms with Crippen molar-refractivity contribution in [3.05, 3.63) is 88.1 Å². The summed E-state index contributed by atoms with van der Waals surface area (Å²) < 4.78 is 5.74. The third kappa shape index (κ3) is 6.75. The van der Waals surface area contributed by atoms with Crippen LogP contribution >= 0.6 is 0 Å². The van der Waals surface area contributed by atoms with E-state index in [1.54, 1.807) is 6.92 Å². The van der Waals surface area contributed by atoms with E-state index >= 15 is 0 Å². The molecule has 1 aromatic heterocycles. The molecule has 1 atom stereocenters. The third-order valence-electron chi connectivity index (χ3n) is 6.60. The van der Waals surface area contributed by atoms with Crippen LogP contribution < -0.4 is 20.5 Å². The second-order valence-electron chi connectivity index (χ2n) is 9.21. The minimum atomic E-state index is -1.15. The van der Waals surface area contributed by atoms with E-state index in [9.17, 15) is 19.5 Å². The van der Waals surface area contributed by atoms with Crippen molar-refractivity contribution in [2.75, 3.05) is 18.0 Å². The Balaban J connectivity index is 1.52. The molecule has 9 heteroatoms. The molecule has 4 rings (SSSR count). The lowest BCUT2D eigenvalue weighted by atomic mass is 9.93. The molecule has 0 spiro atoms. The number of carbonyl (C=O) groups is 2. The van der Waals surface area contributed by atoms with E-state index in [-0.39, 0.29) is 30.4 Å². The molecule has 0 bridgehead atoms. The first-order chi connectivity index (χ1) is 17.9. The van der Waals surface area contributed by atoms with Gasteiger partial charge in [0.25, 0.3) is 11.5 Å². The Kier molecular flexibility index (Phi) is 8.56. The Morgan fingerprint density at radius 1 is 1.11 bits per heavy atom. The van der Waals surface area contributed by atoms with E-state index < -0.39 is 23.5 Å². The van der Waals surface area contributed by atoms with Gasteiger partial charge in [0.15, 0.2) is 5.69 Å². The predicted molar refractivity (Wildman–Crippen MR) is 140 cm³/mol. The quantitative estimate of drug-likeness (QED) is 0.386. The van der Waals surface area contributed by atoms with Gasteiger partial charge in [0, 0.05) is 25.2 Å². The van der Waals surface area contributed by atoms with E-state index in [0.717, 1.165) is 31.5 Å². The van der Waals surface area contributed by atoms with Gasteiger partial charge in [0.05, 0.1) is 0 Å².